The lowest BCUT2D eigenvalue weighted by Gasteiger charge is -2.08. The number of anilines is 1. The summed E-state index contributed by atoms with van der Waals surface area (Å²) in [4.78, 5) is 46.8. The number of hydrogen-bond acceptors (Lipinski definition) is 5. The van der Waals surface area contributed by atoms with E-state index in [1.807, 2.05) is 6.07 Å². The van der Waals surface area contributed by atoms with E-state index in [9.17, 15) is 19.2 Å². The molecule has 8 nitrogen and oxygen atoms in total. The number of hydrogen-bond donors (Lipinski definition) is 3. The maximum Gasteiger partial charge on any atom is 0.306 e. The first-order valence-corrected chi connectivity index (χ1v) is 9.08. The van der Waals surface area contributed by atoms with Gasteiger partial charge in [0.2, 0.25) is 5.91 Å². The van der Waals surface area contributed by atoms with E-state index in [-0.39, 0.29) is 18.7 Å². The Kier molecular flexibility index (Phi) is 8.16. The first kappa shape index (κ1) is 21.1. The van der Waals surface area contributed by atoms with Crippen LogP contribution in [0.1, 0.15) is 23.2 Å². The van der Waals surface area contributed by atoms with Crippen LogP contribution in [0.15, 0.2) is 59.1 Å². The highest BCUT2D eigenvalue weighted by molar-refractivity contribution is 9.10. The number of halogens is 1. The molecule has 0 heterocycles. The van der Waals surface area contributed by atoms with E-state index in [2.05, 4.69) is 32.1 Å². The van der Waals surface area contributed by atoms with Crippen molar-refractivity contribution in [3.8, 4) is 0 Å². The van der Waals surface area contributed by atoms with E-state index >= 15 is 0 Å². The highest BCUT2D eigenvalue weighted by Gasteiger charge is 2.12. The molecule has 0 aliphatic heterocycles. The number of nitrogens with one attached hydrogen (secondary N) is 3. The van der Waals surface area contributed by atoms with E-state index in [1.165, 1.54) is 0 Å². The third kappa shape index (κ3) is 7.58. The molecule has 0 aliphatic carbocycles. The van der Waals surface area contributed by atoms with Crippen LogP contribution in [0, 0.1) is 0 Å². The van der Waals surface area contributed by atoms with Crippen molar-refractivity contribution in [3.63, 3.8) is 0 Å². The fourth-order valence-corrected chi connectivity index (χ4v) is 2.28. The first-order valence-electron chi connectivity index (χ1n) is 8.29. The average Bonchev–Trinajstić information content (AvgIpc) is 2.70. The summed E-state index contributed by atoms with van der Waals surface area (Å²) in [5.41, 5.74) is 5.33. The summed E-state index contributed by atoms with van der Waals surface area (Å²) in [6.45, 7) is -0.570. The zero-order chi connectivity index (χ0) is 20.4. The first-order chi connectivity index (χ1) is 13.4. The summed E-state index contributed by atoms with van der Waals surface area (Å²) in [5, 5.41) is 2.64. The van der Waals surface area contributed by atoms with Crippen molar-refractivity contribution in [1.82, 2.24) is 10.9 Å². The number of carbonyl (C=O) groups is 4. The summed E-state index contributed by atoms with van der Waals surface area (Å²) in [6, 6.07) is 15.3. The van der Waals surface area contributed by atoms with Crippen molar-refractivity contribution in [2.45, 2.75) is 12.8 Å². The summed E-state index contributed by atoms with van der Waals surface area (Å²) < 4.78 is 5.59. The zero-order valence-electron chi connectivity index (χ0n) is 14.7. The highest BCUT2D eigenvalue weighted by Crippen LogP contribution is 2.10. The number of hydrazine groups is 1. The van der Waals surface area contributed by atoms with Gasteiger partial charge in [-0.05, 0) is 36.4 Å². The molecule has 0 fully saturated rings. The Morgan fingerprint density at radius 1 is 0.821 bits per heavy atom. The Morgan fingerprint density at radius 3 is 2.18 bits per heavy atom. The molecule has 2 aromatic carbocycles. The van der Waals surface area contributed by atoms with Crippen LogP contribution in [0.3, 0.4) is 0 Å². The van der Waals surface area contributed by atoms with Crippen molar-refractivity contribution in [2.24, 2.45) is 0 Å². The van der Waals surface area contributed by atoms with Crippen LogP contribution in [0.25, 0.3) is 0 Å². The summed E-state index contributed by atoms with van der Waals surface area (Å²) >= 11 is 3.25. The number of benzene rings is 2. The molecule has 0 bridgehead atoms. The molecule has 0 radical (unpaired) electrons. The van der Waals surface area contributed by atoms with Crippen molar-refractivity contribution in [1.29, 1.82) is 0 Å². The van der Waals surface area contributed by atoms with E-state index in [4.69, 9.17) is 4.74 Å². The largest absolute Gasteiger partial charge is 0.455 e. The molecule has 0 unspecified atom stereocenters. The van der Waals surface area contributed by atoms with Crippen molar-refractivity contribution >= 4 is 45.3 Å². The minimum Gasteiger partial charge on any atom is -0.455 e. The predicted octanol–water partition coefficient (Wildman–Crippen LogP) is 2.17. The smallest absolute Gasteiger partial charge is 0.306 e. The van der Waals surface area contributed by atoms with Gasteiger partial charge in [-0.15, -0.1) is 0 Å². The van der Waals surface area contributed by atoms with Crippen molar-refractivity contribution < 1.29 is 23.9 Å². The number of ether oxygens (including phenoxy) is 1. The van der Waals surface area contributed by atoms with Gasteiger partial charge in [0, 0.05) is 22.1 Å². The van der Waals surface area contributed by atoms with Gasteiger partial charge in [0.25, 0.3) is 11.8 Å². The van der Waals surface area contributed by atoms with Crippen LogP contribution in [0.4, 0.5) is 5.69 Å². The van der Waals surface area contributed by atoms with Gasteiger partial charge < -0.3 is 10.1 Å². The molecule has 0 atom stereocenters. The predicted molar refractivity (Wildman–Crippen MR) is 105 cm³/mol. The third-order valence-corrected chi connectivity index (χ3v) is 3.93. The fourth-order valence-electron chi connectivity index (χ4n) is 2.01. The monoisotopic (exact) mass is 447 g/mol. The maximum atomic E-state index is 11.8. The van der Waals surface area contributed by atoms with Gasteiger partial charge in [0.1, 0.15) is 0 Å². The van der Waals surface area contributed by atoms with Crippen LogP contribution in [0.2, 0.25) is 0 Å². The minimum absolute atomic E-state index is 0.0738. The SMILES string of the molecule is O=C(COC(=O)CCC(=O)Nc1ccccc1)NNC(=O)c1ccc(Br)cc1. The van der Waals surface area contributed by atoms with E-state index in [1.54, 1.807) is 48.5 Å². The molecular formula is C19H18BrN3O5. The Bertz CT molecular complexity index is 840. The van der Waals surface area contributed by atoms with E-state index in [0.717, 1.165) is 4.47 Å². The fraction of sp³-hybridized carbons (Fsp3) is 0.158. The summed E-state index contributed by atoms with van der Waals surface area (Å²) in [5.74, 6) is -2.25. The maximum absolute atomic E-state index is 11.8. The number of rotatable bonds is 7. The number of carbonyl (C=O) groups excluding carboxylic acids is 4. The van der Waals surface area contributed by atoms with Gasteiger partial charge in [0.05, 0.1) is 6.42 Å². The van der Waals surface area contributed by atoms with Gasteiger partial charge >= 0.3 is 5.97 Å². The lowest BCUT2D eigenvalue weighted by Crippen LogP contribution is -2.43. The van der Waals surface area contributed by atoms with Gasteiger partial charge in [-0.1, -0.05) is 34.1 Å². The Morgan fingerprint density at radius 2 is 1.50 bits per heavy atom. The third-order valence-electron chi connectivity index (χ3n) is 3.40. The van der Waals surface area contributed by atoms with Gasteiger partial charge in [-0.2, -0.15) is 0 Å². The Hall–Kier alpha value is -3.20. The number of amides is 3. The molecule has 0 aliphatic rings. The van der Waals surface area contributed by atoms with Crippen LogP contribution >= 0.6 is 15.9 Å². The quantitative estimate of drug-likeness (QED) is 0.444. The van der Waals surface area contributed by atoms with Crippen LogP contribution in [-0.4, -0.2) is 30.3 Å². The lowest BCUT2D eigenvalue weighted by molar-refractivity contribution is -0.149. The number of para-hydroxylation sites is 1. The molecule has 2 rings (SSSR count). The molecule has 0 saturated heterocycles. The second kappa shape index (κ2) is 10.8. The van der Waals surface area contributed by atoms with Crippen LogP contribution < -0.4 is 16.2 Å². The number of esters is 1. The normalized spacial score (nSPS) is 9.89. The molecule has 0 saturated carbocycles. The second-order valence-electron chi connectivity index (χ2n) is 5.58. The summed E-state index contributed by atoms with van der Waals surface area (Å²) in [6.07, 6.45) is -0.243. The lowest BCUT2D eigenvalue weighted by atomic mass is 10.2. The zero-order valence-corrected chi connectivity index (χ0v) is 16.3. The van der Waals surface area contributed by atoms with Gasteiger partial charge in [0.15, 0.2) is 6.61 Å². The standard InChI is InChI=1S/C19H18BrN3O5/c20-14-8-6-13(7-9-14)19(27)23-22-17(25)12-28-18(26)11-10-16(24)21-15-4-2-1-3-5-15/h1-9H,10-12H2,(H,21,24)(H,22,25)(H,23,27). The second-order valence-corrected chi connectivity index (χ2v) is 6.50. The van der Waals surface area contributed by atoms with Crippen LogP contribution in [0.5, 0.6) is 0 Å². The van der Waals surface area contributed by atoms with Gasteiger partial charge in [-0.3, -0.25) is 30.0 Å². The topological polar surface area (TPSA) is 114 Å². The Labute approximate surface area is 169 Å². The molecular weight excluding hydrogens is 430 g/mol. The van der Waals surface area contributed by atoms with Crippen LogP contribution in [-0.2, 0) is 19.1 Å². The van der Waals surface area contributed by atoms with E-state index < -0.39 is 24.4 Å². The highest BCUT2D eigenvalue weighted by atomic mass is 79.9. The minimum atomic E-state index is -0.701. The molecule has 28 heavy (non-hydrogen) atoms. The molecule has 3 amide bonds. The van der Waals surface area contributed by atoms with E-state index in [0.29, 0.717) is 11.3 Å². The van der Waals surface area contributed by atoms with Crippen molar-refractivity contribution in [3.05, 3.63) is 64.6 Å². The summed E-state index contributed by atoms with van der Waals surface area (Å²) in [7, 11) is 0. The molecule has 9 heteroatoms. The average molecular weight is 448 g/mol. The van der Waals surface area contributed by atoms with Crippen molar-refractivity contribution in [2.75, 3.05) is 11.9 Å². The molecule has 0 aromatic heterocycles. The molecule has 0 spiro atoms. The van der Waals surface area contributed by atoms with Gasteiger partial charge in [-0.25, -0.2) is 0 Å². The molecule has 3 N–H and O–H groups in total. The Balaban J connectivity index is 1.62. The molecule has 2 aromatic rings. The molecule has 146 valence electrons.